The Bertz CT molecular complexity index is 361. The summed E-state index contributed by atoms with van der Waals surface area (Å²) in [7, 11) is 0. The van der Waals surface area contributed by atoms with Crippen molar-refractivity contribution >= 4 is 17.9 Å². The van der Waals surface area contributed by atoms with Gasteiger partial charge in [-0.25, -0.2) is 4.79 Å². The zero-order valence-corrected chi connectivity index (χ0v) is 11.3. The van der Waals surface area contributed by atoms with Gasteiger partial charge < -0.3 is 25.7 Å². The number of urea groups is 1. The van der Waals surface area contributed by atoms with Gasteiger partial charge in [0.05, 0.1) is 19.2 Å². The molecular weight excluding hydrogens is 266 g/mol. The molecule has 1 heterocycles. The number of hydrogen-bond acceptors (Lipinski definition) is 4. The van der Waals surface area contributed by atoms with E-state index in [4.69, 9.17) is 5.11 Å². The summed E-state index contributed by atoms with van der Waals surface area (Å²) in [4.78, 5) is 35.1. The van der Waals surface area contributed by atoms with Crippen molar-refractivity contribution in [2.45, 2.75) is 31.7 Å². The molecule has 4 N–H and O–H groups in total. The first-order valence-corrected chi connectivity index (χ1v) is 6.68. The summed E-state index contributed by atoms with van der Waals surface area (Å²) in [5.41, 5.74) is 0. The summed E-state index contributed by atoms with van der Waals surface area (Å²) in [6.45, 7) is -0.301. The van der Waals surface area contributed by atoms with Crippen LogP contribution in [0.4, 0.5) is 4.79 Å². The molecule has 0 aliphatic carbocycles. The van der Waals surface area contributed by atoms with Crippen LogP contribution in [0, 0.1) is 0 Å². The fourth-order valence-electron chi connectivity index (χ4n) is 2.13. The highest BCUT2D eigenvalue weighted by Crippen LogP contribution is 2.16. The molecule has 0 radical (unpaired) electrons. The Kier molecular flexibility index (Phi) is 6.78. The minimum Gasteiger partial charge on any atom is -0.480 e. The third-order valence-electron chi connectivity index (χ3n) is 3.19. The van der Waals surface area contributed by atoms with E-state index in [1.165, 1.54) is 4.90 Å². The number of aliphatic hydroxyl groups is 1. The molecule has 114 valence electrons. The van der Waals surface area contributed by atoms with Gasteiger partial charge in [-0.2, -0.15) is 0 Å². The van der Waals surface area contributed by atoms with E-state index >= 15 is 0 Å². The van der Waals surface area contributed by atoms with E-state index in [1.54, 1.807) is 0 Å². The van der Waals surface area contributed by atoms with Crippen molar-refractivity contribution in [3.05, 3.63) is 0 Å². The van der Waals surface area contributed by atoms with Crippen LogP contribution < -0.4 is 10.6 Å². The molecule has 0 aromatic rings. The van der Waals surface area contributed by atoms with Crippen LogP contribution in [0.25, 0.3) is 0 Å². The molecule has 8 heteroatoms. The van der Waals surface area contributed by atoms with E-state index in [9.17, 15) is 19.5 Å². The number of nitrogens with one attached hydrogen (secondary N) is 2. The van der Waals surface area contributed by atoms with E-state index in [-0.39, 0.29) is 19.2 Å². The average molecular weight is 287 g/mol. The van der Waals surface area contributed by atoms with E-state index in [1.807, 2.05) is 0 Å². The van der Waals surface area contributed by atoms with Gasteiger partial charge in [0.1, 0.15) is 6.54 Å². The first-order chi connectivity index (χ1) is 9.54. The molecule has 1 atom stereocenters. The standard InChI is InChI=1S/C12H21N3O5/c16-8-9-4-2-1-3-5-15(9)12(20)14-6-10(17)13-7-11(18)19/h9,16H,1-8H2,(H,13,17)(H,14,20)(H,18,19). The first kappa shape index (κ1) is 16.2. The van der Waals surface area contributed by atoms with Crippen LogP contribution in [0.3, 0.4) is 0 Å². The highest BCUT2D eigenvalue weighted by Gasteiger charge is 2.24. The maximum absolute atomic E-state index is 12.0. The molecule has 1 unspecified atom stereocenters. The topological polar surface area (TPSA) is 119 Å². The van der Waals surface area contributed by atoms with Crippen molar-refractivity contribution in [2.24, 2.45) is 0 Å². The summed E-state index contributed by atoms with van der Waals surface area (Å²) < 4.78 is 0. The summed E-state index contributed by atoms with van der Waals surface area (Å²) in [6, 6.07) is -0.629. The van der Waals surface area contributed by atoms with Crippen molar-refractivity contribution in [1.82, 2.24) is 15.5 Å². The highest BCUT2D eigenvalue weighted by molar-refractivity contribution is 5.86. The predicted octanol–water partition coefficient (Wildman–Crippen LogP) is -0.866. The maximum Gasteiger partial charge on any atom is 0.322 e. The average Bonchev–Trinajstić information content (AvgIpc) is 2.67. The molecule has 0 bridgehead atoms. The fourth-order valence-corrected chi connectivity index (χ4v) is 2.13. The van der Waals surface area contributed by atoms with Crippen molar-refractivity contribution in [2.75, 3.05) is 26.2 Å². The fraction of sp³-hybridized carbons (Fsp3) is 0.750. The molecule has 0 saturated carbocycles. The second-order valence-corrected chi connectivity index (χ2v) is 4.71. The zero-order valence-electron chi connectivity index (χ0n) is 11.3. The number of hydrogen-bond donors (Lipinski definition) is 4. The Morgan fingerprint density at radius 2 is 1.85 bits per heavy atom. The number of carbonyl (C=O) groups is 3. The number of carboxylic acid groups (broad SMARTS) is 1. The predicted molar refractivity (Wildman–Crippen MR) is 70.1 cm³/mol. The van der Waals surface area contributed by atoms with Gasteiger partial charge in [-0.05, 0) is 12.8 Å². The molecule has 0 aromatic carbocycles. The van der Waals surface area contributed by atoms with E-state index in [0.717, 1.165) is 25.7 Å². The van der Waals surface area contributed by atoms with Crippen LogP contribution in [0.15, 0.2) is 0 Å². The molecule has 1 aliphatic heterocycles. The maximum atomic E-state index is 12.0. The smallest absolute Gasteiger partial charge is 0.322 e. The Morgan fingerprint density at radius 1 is 1.10 bits per heavy atom. The Hall–Kier alpha value is -1.83. The van der Waals surface area contributed by atoms with Crippen LogP contribution in [0.5, 0.6) is 0 Å². The van der Waals surface area contributed by atoms with Crippen molar-refractivity contribution < 1.29 is 24.6 Å². The molecule has 0 aromatic heterocycles. The number of aliphatic hydroxyl groups excluding tert-OH is 1. The molecule has 8 nitrogen and oxygen atoms in total. The van der Waals surface area contributed by atoms with E-state index in [2.05, 4.69) is 10.6 Å². The monoisotopic (exact) mass is 287 g/mol. The molecule has 20 heavy (non-hydrogen) atoms. The lowest BCUT2D eigenvalue weighted by Crippen LogP contribution is -2.49. The summed E-state index contributed by atoms with van der Waals surface area (Å²) >= 11 is 0. The molecule has 3 amide bonds. The van der Waals surface area contributed by atoms with Crippen LogP contribution in [0.1, 0.15) is 25.7 Å². The van der Waals surface area contributed by atoms with E-state index in [0.29, 0.717) is 6.54 Å². The first-order valence-electron chi connectivity index (χ1n) is 6.68. The minimum atomic E-state index is -1.14. The largest absolute Gasteiger partial charge is 0.480 e. The Morgan fingerprint density at radius 3 is 2.50 bits per heavy atom. The van der Waals surface area contributed by atoms with Gasteiger partial charge >= 0.3 is 12.0 Å². The Balaban J connectivity index is 2.39. The van der Waals surface area contributed by atoms with Gasteiger partial charge in [0.2, 0.25) is 5.91 Å². The molecule has 1 rings (SSSR count). The summed E-state index contributed by atoms with van der Waals surface area (Å²) in [5.74, 6) is -1.70. The second kappa shape index (κ2) is 8.36. The lowest BCUT2D eigenvalue weighted by Gasteiger charge is -2.28. The van der Waals surface area contributed by atoms with Crippen LogP contribution in [-0.2, 0) is 9.59 Å². The molecular formula is C12H21N3O5. The van der Waals surface area contributed by atoms with Gasteiger partial charge in [0.25, 0.3) is 0 Å². The minimum absolute atomic E-state index is 0.0986. The SMILES string of the molecule is O=C(O)CNC(=O)CNC(=O)N1CCCCCC1CO. The van der Waals surface area contributed by atoms with Gasteiger partial charge in [-0.15, -0.1) is 0 Å². The number of rotatable bonds is 5. The highest BCUT2D eigenvalue weighted by atomic mass is 16.4. The van der Waals surface area contributed by atoms with Crippen molar-refractivity contribution in [3.8, 4) is 0 Å². The molecule has 1 saturated heterocycles. The van der Waals surface area contributed by atoms with Gasteiger partial charge in [0, 0.05) is 6.54 Å². The number of amides is 3. The Labute approximate surface area is 117 Å². The molecule has 1 fully saturated rings. The normalized spacial score (nSPS) is 19.1. The van der Waals surface area contributed by atoms with Crippen molar-refractivity contribution in [1.29, 1.82) is 0 Å². The summed E-state index contributed by atoms with van der Waals surface area (Å²) in [6.07, 6.45) is 3.59. The van der Waals surface area contributed by atoms with Gasteiger partial charge in [-0.3, -0.25) is 9.59 Å². The summed E-state index contributed by atoms with van der Waals surface area (Å²) in [5, 5.41) is 22.3. The van der Waals surface area contributed by atoms with Crippen LogP contribution in [-0.4, -0.2) is 65.3 Å². The quantitative estimate of drug-likeness (QED) is 0.524. The third-order valence-corrected chi connectivity index (χ3v) is 3.19. The number of nitrogens with zero attached hydrogens (tertiary/aromatic N) is 1. The molecule has 1 aliphatic rings. The lowest BCUT2D eigenvalue weighted by molar-refractivity contribution is -0.137. The van der Waals surface area contributed by atoms with Gasteiger partial charge in [0.15, 0.2) is 0 Å². The van der Waals surface area contributed by atoms with Crippen LogP contribution >= 0.6 is 0 Å². The second-order valence-electron chi connectivity index (χ2n) is 4.71. The third kappa shape index (κ3) is 5.43. The number of carbonyl (C=O) groups excluding carboxylic acids is 2. The van der Waals surface area contributed by atoms with Crippen LogP contribution in [0.2, 0.25) is 0 Å². The lowest BCUT2D eigenvalue weighted by atomic mass is 10.1. The number of likely N-dealkylation sites (tertiary alicyclic amines) is 1. The number of aliphatic carboxylic acids is 1. The zero-order chi connectivity index (χ0) is 15.0. The van der Waals surface area contributed by atoms with Gasteiger partial charge in [-0.1, -0.05) is 12.8 Å². The number of carboxylic acids is 1. The molecule has 0 spiro atoms. The van der Waals surface area contributed by atoms with Crippen molar-refractivity contribution in [3.63, 3.8) is 0 Å². The van der Waals surface area contributed by atoms with E-state index < -0.39 is 24.5 Å².